The fourth-order valence-corrected chi connectivity index (χ4v) is 2.82. The number of anilines is 2. The summed E-state index contributed by atoms with van der Waals surface area (Å²) in [5, 5.41) is 3.10. The molecule has 2 heterocycles. The summed E-state index contributed by atoms with van der Waals surface area (Å²) in [6.45, 7) is 1.22. The molecule has 4 rings (SSSR count). The van der Waals surface area contributed by atoms with Gasteiger partial charge in [0.2, 0.25) is 0 Å². The van der Waals surface area contributed by atoms with Crippen LogP contribution in [0.15, 0.2) is 42.5 Å². The third-order valence-corrected chi connectivity index (χ3v) is 3.85. The Labute approximate surface area is 117 Å². The molecule has 0 atom stereocenters. The number of hydrogen-bond acceptors (Lipinski definition) is 3. The number of benzene rings is 2. The van der Waals surface area contributed by atoms with Crippen molar-refractivity contribution >= 4 is 17.3 Å². The van der Waals surface area contributed by atoms with Gasteiger partial charge >= 0.3 is 0 Å². The molecule has 0 spiro atoms. The number of nitrogens with zero attached hydrogens (tertiary/aromatic N) is 1. The van der Waals surface area contributed by atoms with E-state index in [1.165, 1.54) is 5.56 Å². The van der Waals surface area contributed by atoms with Gasteiger partial charge in [0.15, 0.2) is 6.73 Å². The van der Waals surface area contributed by atoms with Crippen molar-refractivity contribution in [1.82, 2.24) is 0 Å². The molecule has 100 valence electrons. The predicted octanol–water partition coefficient (Wildman–Crippen LogP) is 2.65. The van der Waals surface area contributed by atoms with Crippen molar-refractivity contribution in [1.29, 1.82) is 0 Å². The SMILES string of the molecule is O=C(c1ccc2c(c1)OCN2)N1CCc2ccccc21. The van der Waals surface area contributed by atoms with Gasteiger partial charge in [-0.05, 0) is 36.2 Å². The standard InChI is InChI=1S/C16H14N2O2/c19-16(12-5-6-13-15(9-12)20-10-17-13)18-8-7-11-3-1-2-4-14(11)18/h1-6,9,17H,7-8,10H2. The van der Waals surface area contributed by atoms with Crippen LogP contribution >= 0.6 is 0 Å². The topological polar surface area (TPSA) is 41.6 Å². The summed E-state index contributed by atoms with van der Waals surface area (Å²) in [7, 11) is 0. The monoisotopic (exact) mass is 266 g/mol. The number of para-hydroxylation sites is 1. The Morgan fingerprint density at radius 2 is 2.10 bits per heavy atom. The normalized spacial score (nSPS) is 15.3. The second kappa shape index (κ2) is 4.27. The minimum absolute atomic E-state index is 0.0354. The molecule has 2 aliphatic rings. The van der Waals surface area contributed by atoms with E-state index in [1.807, 2.05) is 41.3 Å². The number of ether oxygens (including phenoxy) is 1. The van der Waals surface area contributed by atoms with Crippen molar-refractivity contribution in [2.24, 2.45) is 0 Å². The zero-order valence-corrected chi connectivity index (χ0v) is 10.9. The first kappa shape index (κ1) is 11.3. The fraction of sp³-hybridized carbons (Fsp3) is 0.188. The van der Waals surface area contributed by atoms with Crippen molar-refractivity contribution < 1.29 is 9.53 Å². The summed E-state index contributed by atoms with van der Waals surface area (Å²) in [5.74, 6) is 0.789. The highest BCUT2D eigenvalue weighted by Gasteiger charge is 2.26. The lowest BCUT2D eigenvalue weighted by molar-refractivity contribution is 0.0989. The Morgan fingerprint density at radius 3 is 3.05 bits per heavy atom. The number of carbonyl (C=O) groups is 1. The van der Waals surface area contributed by atoms with Crippen molar-refractivity contribution in [3.8, 4) is 5.75 Å². The molecule has 1 N–H and O–H groups in total. The maximum Gasteiger partial charge on any atom is 0.258 e. The highest BCUT2D eigenvalue weighted by atomic mass is 16.5. The van der Waals surface area contributed by atoms with E-state index in [0.29, 0.717) is 12.3 Å². The van der Waals surface area contributed by atoms with Gasteiger partial charge in [0.05, 0.1) is 5.69 Å². The van der Waals surface area contributed by atoms with Crippen LogP contribution in [-0.2, 0) is 6.42 Å². The van der Waals surface area contributed by atoms with E-state index < -0.39 is 0 Å². The van der Waals surface area contributed by atoms with Crippen LogP contribution in [0, 0.1) is 0 Å². The number of fused-ring (bicyclic) bond motifs is 2. The summed E-state index contributed by atoms with van der Waals surface area (Å²) in [6, 6.07) is 13.6. The van der Waals surface area contributed by atoms with Crippen molar-refractivity contribution in [2.75, 3.05) is 23.5 Å². The molecule has 20 heavy (non-hydrogen) atoms. The van der Waals surface area contributed by atoms with Crippen LogP contribution in [-0.4, -0.2) is 19.2 Å². The maximum absolute atomic E-state index is 12.7. The predicted molar refractivity (Wildman–Crippen MR) is 77.4 cm³/mol. The molecule has 0 bridgehead atoms. The molecule has 0 saturated carbocycles. The van der Waals surface area contributed by atoms with Gasteiger partial charge in [-0.2, -0.15) is 0 Å². The first-order chi connectivity index (χ1) is 9.83. The number of rotatable bonds is 1. The Morgan fingerprint density at radius 1 is 1.20 bits per heavy atom. The third kappa shape index (κ3) is 1.65. The lowest BCUT2D eigenvalue weighted by Gasteiger charge is -2.17. The first-order valence-electron chi connectivity index (χ1n) is 6.73. The van der Waals surface area contributed by atoms with Crippen molar-refractivity contribution in [3.63, 3.8) is 0 Å². The third-order valence-electron chi connectivity index (χ3n) is 3.85. The minimum atomic E-state index is 0.0354. The zero-order chi connectivity index (χ0) is 13.5. The highest BCUT2D eigenvalue weighted by Crippen LogP contribution is 2.33. The number of carbonyl (C=O) groups excluding carboxylic acids is 1. The molecule has 2 aromatic carbocycles. The molecule has 2 aromatic rings. The summed E-state index contributed by atoms with van der Waals surface area (Å²) in [4.78, 5) is 14.5. The summed E-state index contributed by atoms with van der Waals surface area (Å²) < 4.78 is 5.44. The molecule has 0 saturated heterocycles. The second-order valence-corrected chi connectivity index (χ2v) is 5.01. The van der Waals surface area contributed by atoms with Crippen molar-refractivity contribution in [3.05, 3.63) is 53.6 Å². The lowest BCUT2D eigenvalue weighted by Crippen LogP contribution is -2.28. The average Bonchev–Trinajstić information content (AvgIpc) is 3.12. The highest BCUT2D eigenvalue weighted by molar-refractivity contribution is 6.07. The van der Waals surface area contributed by atoms with E-state index in [-0.39, 0.29) is 5.91 Å². The minimum Gasteiger partial charge on any atom is -0.471 e. The van der Waals surface area contributed by atoms with Crippen LogP contribution < -0.4 is 15.0 Å². The van der Waals surface area contributed by atoms with Gasteiger partial charge in [-0.3, -0.25) is 4.79 Å². The lowest BCUT2D eigenvalue weighted by atomic mass is 10.1. The average molecular weight is 266 g/mol. The fourth-order valence-electron chi connectivity index (χ4n) is 2.82. The van der Waals surface area contributed by atoms with E-state index in [1.54, 1.807) is 0 Å². The second-order valence-electron chi connectivity index (χ2n) is 5.01. The van der Waals surface area contributed by atoms with Crippen LogP contribution in [0.2, 0.25) is 0 Å². The van der Waals surface area contributed by atoms with Crippen LogP contribution in [0.1, 0.15) is 15.9 Å². The van der Waals surface area contributed by atoms with E-state index >= 15 is 0 Å². The molecule has 1 amide bonds. The van der Waals surface area contributed by atoms with E-state index in [9.17, 15) is 4.79 Å². The number of hydrogen-bond donors (Lipinski definition) is 1. The molecule has 0 aromatic heterocycles. The van der Waals surface area contributed by atoms with Crippen LogP contribution in [0.25, 0.3) is 0 Å². The molecule has 0 unspecified atom stereocenters. The molecule has 4 nitrogen and oxygen atoms in total. The Hall–Kier alpha value is -2.49. The smallest absolute Gasteiger partial charge is 0.258 e. The Balaban J connectivity index is 1.68. The van der Waals surface area contributed by atoms with E-state index in [4.69, 9.17) is 4.74 Å². The largest absolute Gasteiger partial charge is 0.471 e. The van der Waals surface area contributed by atoms with Gasteiger partial charge < -0.3 is 15.0 Å². The van der Waals surface area contributed by atoms with Gasteiger partial charge in [0.1, 0.15) is 5.75 Å². The van der Waals surface area contributed by atoms with Gasteiger partial charge in [-0.25, -0.2) is 0 Å². The van der Waals surface area contributed by atoms with Crippen molar-refractivity contribution in [2.45, 2.75) is 6.42 Å². The van der Waals surface area contributed by atoms with E-state index in [0.717, 1.165) is 30.1 Å². The Kier molecular flexibility index (Phi) is 2.42. The molecule has 0 fully saturated rings. The molecule has 0 radical (unpaired) electrons. The van der Waals surface area contributed by atoms with Gasteiger partial charge in [0, 0.05) is 17.8 Å². The number of amides is 1. The maximum atomic E-state index is 12.7. The van der Waals surface area contributed by atoms with Gasteiger partial charge in [0.25, 0.3) is 5.91 Å². The zero-order valence-electron chi connectivity index (χ0n) is 10.9. The Bertz CT molecular complexity index is 697. The van der Waals surface area contributed by atoms with Gasteiger partial charge in [-0.15, -0.1) is 0 Å². The summed E-state index contributed by atoms with van der Waals surface area (Å²) >= 11 is 0. The first-order valence-corrected chi connectivity index (χ1v) is 6.73. The molecular formula is C16H14N2O2. The van der Waals surface area contributed by atoms with Crippen LogP contribution in [0.5, 0.6) is 5.75 Å². The molecule has 0 aliphatic carbocycles. The quantitative estimate of drug-likeness (QED) is 0.862. The molecule has 4 heteroatoms. The number of nitrogens with one attached hydrogen (secondary N) is 1. The van der Waals surface area contributed by atoms with Crippen LogP contribution in [0.4, 0.5) is 11.4 Å². The molecular weight excluding hydrogens is 252 g/mol. The molecule has 2 aliphatic heterocycles. The van der Waals surface area contributed by atoms with E-state index in [2.05, 4.69) is 11.4 Å². The van der Waals surface area contributed by atoms with Crippen LogP contribution in [0.3, 0.4) is 0 Å². The summed E-state index contributed by atoms with van der Waals surface area (Å²) in [5.41, 5.74) is 3.88. The summed E-state index contributed by atoms with van der Waals surface area (Å²) in [6.07, 6.45) is 0.922. The van der Waals surface area contributed by atoms with Gasteiger partial charge in [-0.1, -0.05) is 18.2 Å².